The summed E-state index contributed by atoms with van der Waals surface area (Å²) in [7, 11) is 0. The maximum Gasteiger partial charge on any atom is 0.129 e. The quantitative estimate of drug-likeness (QED) is 0.832. The third-order valence-electron chi connectivity index (χ3n) is 4.27. The number of benzene rings is 2. The van der Waals surface area contributed by atoms with Crippen molar-refractivity contribution in [3.05, 3.63) is 70.0 Å². The van der Waals surface area contributed by atoms with E-state index in [1.165, 1.54) is 17.2 Å². The van der Waals surface area contributed by atoms with Crippen molar-refractivity contribution >= 4 is 11.6 Å². The van der Waals surface area contributed by atoms with Crippen molar-refractivity contribution < 1.29 is 4.39 Å². The molecule has 2 aromatic rings. The maximum absolute atomic E-state index is 14.2. The van der Waals surface area contributed by atoms with Gasteiger partial charge < -0.3 is 5.32 Å². The average Bonchev–Trinajstić information content (AvgIpc) is 2.44. The number of nitrogens with one attached hydrogen (secondary N) is 1. The van der Waals surface area contributed by atoms with Gasteiger partial charge in [0, 0.05) is 16.6 Å². The molecule has 1 aliphatic carbocycles. The van der Waals surface area contributed by atoms with Crippen LogP contribution in [-0.2, 0) is 6.42 Å². The number of rotatable bonds is 5. The second-order valence-electron chi connectivity index (χ2n) is 5.61. The largest absolute Gasteiger partial charge is 0.310 e. The fourth-order valence-electron chi connectivity index (χ4n) is 3.21. The zero-order chi connectivity index (χ0) is 14.8. The smallest absolute Gasteiger partial charge is 0.129 e. The molecule has 0 spiro atoms. The predicted octanol–water partition coefficient (Wildman–Crippen LogP) is 4.86. The molecule has 1 aliphatic rings. The molecular weight excluding hydrogens is 285 g/mol. The van der Waals surface area contributed by atoms with Crippen LogP contribution in [0.25, 0.3) is 0 Å². The second-order valence-corrected chi connectivity index (χ2v) is 6.05. The molecule has 0 aromatic heterocycles. The maximum atomic E-state index is 14.2. The van der Waals surface area contributed by atoms with E-state index in [4.69, 9.17) is 11.6 Å². The first kappa shape index (κ1) is 14.6. The lowest BCUT2D eigenvalue weighted by atomic mass is 9.73. The van der Waals surface area contributed by atoms with Crippen molar-refractivity contribution in [3.8, 4) is 0 Å². The molecule has 3 heteroatoms. The predicted molar refractivity (Wildman–Crippen MR) is 85.3 cm³/mol. The lowest BCUT2D eigenvalue weighted by Crippen LogP contribution is -2.27. The minimum absolute atomic E-state index is 0.0330. The van der Waals surface area contributed by atoms with E-state index in [1.807, 2.05) is 0 Å². The highest BCUT2D eigenvalue weighted by Gasteiger charge is 2.29. The Balaban J connectivity index is 1.80. The Labute approximate surface area is 130 Å². The van der Waals surface area contributed by atoms with Gasteiger partial charge in [-0.1, -0.05) is 48.9 Å². The standard InChI is InChI=1S/C18H19ClFN/c1-2-21-18(16-8-7-14(19)11-17(16)20)10-13-9-12-5-3-4-6-15(12)13/h3-8,11,13,18,21H,2,9-10H2,1H3. The molecule has 0 aliphatic heterocycles. The number of hydrogen-bond acceptors (Lipinski definition) is 1. The van der Waals surface area contributed by atoms with E-state index in [-0.39, 0.29) is 11.9 Å². The van der Waals surface area contributed by atoms with Gasteiger partial charge in [0.15, 0.2) is 0 Å². The average molecular weight is 304 g/mol. The van der Waals surface area contributed by atoms with Gasteiger partial charge in [-0.15, -0.1) is 0 Å². The van der Waals surface area contributed by atoms with Crippen LogP contribution in [0.1, 0.15) is 42.0 Å². The van der Waals surface area contributed by atoms with E-state index < -0.39 is 0 Å². The lowest BCUT2D eigenvalue weighted by molar-refractivity contribution is 0.422. The Morgan fingerprint density at radius 2 is 2.10 bits per heavy atom. The summed E-state index contributed by atoms with van der Waals surface area (Å²) in [5.41, 5.74) is 3.55. The van der Waals surface area contributed by atoms with Crippen LogP contribution in [-0.4, -0.2) is 6.54 Å². The van der Waals surface area contributed by atoms with Crippen LogP contribution in [0.3, 0.4) is 0 Å². The Bertz CT molecular complexity index is 641. The van der Waals surface area contributed by atoms with Crippen LogP contribution in [0, 0.1) is 5.82 Å². The minimum Gasteiger partial charge on any atom is -0.310 e. The summed E-state index contributed by atoms with van der Waals surface area (Å²) in [6.45, 7) is 2.87. The van der Waals surface area contributed by atoms with E-state index in [1.54, 1.807) is 12.1 Å². The third-order valence-corrected chi connectivity index (χ3v) is 4.50. The van der Waals surface area contributed by atoms with Gasteiger partial charge in [-0.3, -0.25) is 0 Å². The molecule has 110 valence electrons. The van der Waals surface area contributed by atoms with Crippen molar-refractivity contribution in [2.45, 2.75) is 31.7 Å². The van der Waals surface area contributed by atoms with E-state index >= 15 is 0 Å². The zero-order valence-corrected chi connectivity index (χ0v) is 12.8. The zero-order valence-electron chi connectivity index (χ0n) is 12.1. The van der Waals surface area contributed by atoms with Gasteiger partial charge in [-0.05, 0) is 48.6 Å². The second kappa shape index (κ2) is 6.17. The summed E-state index contributed by atoms with van der Waals surface area (Å²) < 4.78 is 14.2. The van der Waals surface area contributed by atoms with Crippen molar-refractivity contribution in [2.24, 2.45) is 0 Å². The fourth-order valence-corrected chi connectivity index (χ4v) is 3.37. The van der Waals surface area contributed by atoms with Gasteiger partial charge in [-0.25, -0.2) is 4.39 Å². The Morgan fingerprint density at radius 3 is 2.81 bits per heavy atom. The van der Waals surface area contributed by atoms with Gasteiger partial charge in [0.1, 0.15) is 5.82 Å². The monoisotopic (exact) mass is 303 g/mol. The summed E-state index contributed by atoms with van der Waals surface area (Å²) in [4.78, 5) is 0. The summed E-state index contributed by atoms with van der Waals surface area (Å²) in [6, 6.07) is 13.5. The topological polar surface area (TPSA) is 12.0 Å². The highest BCUT2D eigenvalue weighted by atomic mass is 35.5. The molecule has 3 rings (SSSR count). The van der Waals surface area contributed by atoms with Gasteiger partial charge in [-0.2, -0.15) is 0 Å². The first-order chi connectivity index (χ1) is 10.2. The van der Waals surface area contributed by atoms with Crippen LogP contribution in [0.4, 0.5) is 4.39 Å². The summed E-state index contributed by atoms with van der Waals surface area (Å²) >= 11 is 5.85. The van der Waals surface area contributed by atoms with Crippen LogP contribution in [0.2, 0.25) is 5.02 Å². The molecule has 0 bridgehead atoms. The first-order valence-electron chi connectivity index (χ1n) is 7.45. The van der Waals surface area contributed by atoms with Crippen LogP contribution < -0.4 is 5.32 Å². The normalized spacial score (nSPS) is 18.0. The number of hydrogen-bond donors (Lipinski definition) is 1. The molecule has 0 fully saturated rings. The van der Waals surface area contributed by atoms with Gasteiger partial charge >= 0.3 is 0 Å². The van der Waals surface area contributed by atoms with Crippen LogP contribution >= 0.6 is 11.6 Å². The molecule has 21 heavy (non-hydrogen) atoms. The molecule has 0 saturated heterocycles. The van der Waals surface area contributed by atoms with E-state index in [0.717, 1.165) is 19.4 Å². The van der Waals surface area contributed by atoms with Gasteiger partial charge in [0.25, 0.3) is 0 Å². The van der Waals surface area contributed by atoms with Crippen molar-refractivity contribution in [1.29, 1.82) is 0 Å². The van der Waals surface area contributed by atoms with E-state index in [0.29, 0.717) is 16.5 Å². The van der Waals surface area contributed by atoms with E-state index in [2.05, 4.69) is 36.5 Å². The molecule has 2 atom stereocenters. The molecular formula is C18H19ClFN. The first-order valence-corrected chi connectivity index (χ1v) is 7.83. The van der Waals surface area contributed by atoms with Crippen LogP contribution in [0.15, 0.2) is 42.5 Å². The summed E-state index contributed by atoms with van der Waals surface area (Å²) in [5, 5.41) is 3.85. The molecule has 0 radical (unpaired) electrons. The molecule has 1 nitrogen and oxygen atoms in total. The molecule has 0 saturated carbocycles. The van der Waals surface area contributed by atoms with Crippen molar-refractivity contribution in [3.63, 3.8) is 0 Å². The summed E-state index contributed by atoms with van der Waals surface area (Å²) in [5.74, 6) is 0.293. The molecule has 2 unspecified atom stereocenters. The fraction of sp³-hybridized carbons (Fsp3) is 0.333. The van der Waals surface area contributed by atoms with Gasteiger partial charge in [0.2, 0.25) is 0 Å². The minimum atomic E-state index is -0.221. The third kappa shape index (κ3) is 2.97. The molecule has 2 aromatic carbocycles. The number of halogens is 2. The molecule has 1 N–H and O–H groups in total. The number of fused-ring (bicyclic) bond motifs is 1. The SMILES string of the molecule is CCNC(CC1Cc2ccccc21)c1ccc(Cl)cc1F. The van der Waals surface area contributed by atoms with E-state index in [9.17, 15) is 4.39 Å². The van der Waals surface area contributed by atoms with Crippen LogP contribution in [0.5, 0.6) is 0 Å². The van der Waals surface area contributed by atoms with Crippen molar-refractivity contribution in [2.75, 3.05) is 6.54 Å². The highest BCUT2D eigenvalue weighted by Crippen LogP contribution is 2.41. The Hall–Kier alpha value is -1.38. The van der Waals surface area contributed by atoms with Crippen molar-refractivity contribution in [1.82, 2.24) is 5.32 Å². The lowest BCUT2D eigenvalue weighted by Gasteiger charge is -2.33. The Morgan fingerprint density at radius 1 is 1.29 bits per heavy atom. The Kier molecular flexibility index (Phi) is 4.27. The molecule has 0 amide bonds. The highest BCUT2D eigenvalue weighted by molar-refractivity contribution is 6.30. The summed E-state index contributed by atoms with van der Waals surface area (Å²) in [6.07, 6.45) is 2.01. The van der Waals surface area contributed by atoms with Gasteiger partial charge in [0.05, 0.1) is 0 Å². The molecule has 0 heterocycles.